The normalized spacial score (nSPS) is 11.3. The highest BCUT2D eigenvalue weighted by molar-refractivity contribution is 7.89. The molecule has 0 heterocycles. The van der Waals surface area contributed by atoms with E-state index >= 15 is 0 Å². The topological polar surface area (TPSA) is 84.5 Å². The van der Waals surface area contributed by atoms with Crippen molar-refractivity contribution in [3.63, 3.8) is 0 Å². The molecule has 2 N–H and O–H groups in total. The number of hydrogen-bond donors (Lipinski definition) is 2. The molecule has 0 aliphatic carbocycles. The fourth-order valence-corrected chi connectivity index (χ4v) is 3.17. The van der Waals surface area contributed by atoms with Crippen LogP contribution in [0.3, 0.4) is 0 Å². The van der Waals surface area contributed by atoms with Crippen molar-refractivity contribution in [2.45, 2.75) is 25.3 Å². The molecule has 2 aromatic rings. The number of ether oxygens (including phenoxy) is 1. The fraction of sp³-hybridized carbons (Fsp3) is 0.278. The third-order valence-electron chi connectivity index (χ3n) is 3.31. The SMILES string of the molecule is CC(C)CNS(=O)(=O)c1ccc(NC(=O)OCc2ccccc2)cc1. The summed E-state index contributed by atoms with van der Waals surface area (Å²) in [5.74, 6) is 0.218. The van der Waals surface area contributed by atoms with Crippen LogP contribution < -0.4 is 10.0 Å². The molecule has 2 rings (SSSR count). The average molecular weight is 362 g/mol. The number of carbonyl (C=O) groups excluding carboxylic acids is 1. The summed E-state index contributed by atoms with van der Waals surface area (Å²) in [7, 11) is -3.54. The lowest BCUT2D eigenvalue weighted by molar-refractivity contribution is 0.155. The summed E-state index contributed by atoms with van der Waals surface area (Å²) in [4.78, 5) is 11.9. The van der Waals surface area contributed by atoms with Gasteiger partial charge in [-0.15, -0.1) is 0 Å². The van der Waals surface area contributed by atoms with Crippen LogP contribution in [-0.2, 0) is 21.4 Å². The van der Waals surface area contributed by atoms with Crippen LogP contribution in [0.5, 0.6) is 0 Å². The van der Waals surface area contributed by atoms with E-state index in [-0.39, 0.29) is 17.4 Å². The zero-order chi connectivity index (χ0) is 18.3. The van der Waals surface area contributed by atoms with Gasteiger partial charge >= 0.3 is 6.09 Å². The molecular weight excluding hydrogens is 340 g/mol. The second kappa shape index (κ2) is 8.64. The van der Waals surface area contributed by atoms with Gasteiger partial charge in [0.05, 0.1) is 4.90 Å². The lowest BCUT2D eigenvalue weighted by Crippen LogP contribution is -2.27. The zero-order valence-corrected chi connectivity index (χ0v) is 15.0. The fourth-order valence-electron chi connectivity index (χ4n) is 1.95. The molecule has 25 heavy (non-hydrogen) atoms. The lowest BCUT2D eigenvalue weighted by Gasteiger charge is -2.10. The molecule has 2 aromatic carbocycles. The Kier molecular flexibility index (Phi) is 6.55. The Balaban J connectivity index is 1.90. The van der Waals surface area contributed by atoms with Crippen molar-refractivity contribution in [1.29, 1.82) is 0 Å². The van der Waals surface area contributed by atoms with E-state index < -0.39 is 16.1 Å². The molecule has 0 radical (unpaired) electrons. The molecule has 0 aromatic heterocycles. The van der Waals surface area contributed by atoms with Crippen LogP contribution in [0.15, 0.2) is 59.5 Å². The third-order valence-corrected chi connectivity index (χ3v) is 4.74. The maximum atomic E-state index is 12.1. The first kappa shape index (κ1) is 19.0. The Morgan fingerprint density at radius 1 is 1.04 bits per heavy atom. The first-order chi connectivity index (χ1) is 11.9. The van der Waals surface area contributed by atoms with Crippen LogP contribution in [0, 0.1) is 5.92 Å². The summed E-state index contributed by atoms with van der Waals surface area (Å²) in [6.07, 6.45) is -0.600. The van der Waals surface area contributed by atoms with Gasteiger partial charge in [-0.2, -0.15) is 0 Å². The molecule has 0 unspecified atom stereocenters. The van der Waals surface area contributed by atoms with Gasteiger partial charge in [-0.1, -0.05) is 44.2 Å². The van der Waals surface area contributed by atoms with Gasteiger partial charge in [-0.25, -0.2) is 17.9 Å². The van der Waals surface area contributed by atoms with Gasteiger partial charge in [0.1, 0.15) is 6.61 Å². The monoisotopic (exact) mass is 362 g/mol. The molecule has 1 amide bonds. The number of hydrogen-bond acceptors (Lipinski definition) is 4. The van der Waals surface area contributed by atoms with Crippen LogP contribution in [0.25, 0.3) is 0 Å². The van der Waals surface area contributed by atoms with E-state index in [1.165, 1.54) is 24.3 Å². The first-order valence-electron chi connectivity index (χ1n) is 7.94. The maximum absolute atomic E-state index is 12.1. The first-order valence-corrected chi connectivity index (χ1v) is 9.42. The Morgan fingerprint density at radius 2 is 1.68 bits per heavy atom. The standard InChI is InChI=1S/C18H22N2O4S/c1-14(2)12-19-25(22,23)17-10-8-16(9-11-17)20-18(21)24-13-15-6-4-3-5-7-15/h3-11,14,19H,12-13H2,1-2H3,(H,20,21). The summed E-state index contributed by atoms with van der Waals surface area (Å²) in [6.45, 7) is 4.39. The Labute approximate surface area is 148 Å². The van der Waals surface area contributed by atoms with Crippen molar-refractivity contribution < 1.29 is 17.9 Å². The predicted molar refractivity (Wildman–Crippen MR) is 96.7 cm³/mol. The van der Waals surface area contributed by atoms with Gasteiger partial charge in [0, 0.05) is 12.2 Å². The van der Waals surface area contributed by atoms with Crippen LogP contribution in [0.2, 0.25) is 0 Å². The van der Waals surface area contributed by atoms with E-state index in [9.17, 15) is 13.2 Å². The van der Waals surface area contributed by atoms with Crippen molar-refractivity contribution in [3.05, 3.63) is 60.2 Å². The molecule has 0 spiro atoms. The highest BCUT2D eigenvalue weighted by Crippen LogP contribution is 2.14. The quantitative estimate of drug-likeness (QED) is 0.791. The number of nitrogens with one attached hydrogen (secondary N) is 2. The number of carbonyl (C=O) groups is 1. The largest absolute Gasteiger partial charge is 0.444 e. The highest BCUT2D eigenvalue weighted by atomic mass is 32.2. The van der Waals surface area contributed by atoms with Crippen LogP contribution in [0.1, 0.15) is 19.4 Å². The third kappa shape index (κ3) is 6.21. The van der Waals surface area contributed by atoms with Crippen molar-refractivity contribution in [2.75, 3.05) is 11.9 Å². The summed E-state index contributed by atoms with van der Waals surface area (Å²) in [5, 5.41) is 2.56. The summed E-state index contributed by atoms with van der Waals surface area (Å²) in [6, 6.07) is 15.3. The Bertz CT molecular complexity index is 788. The highest BCUT2D eigenvalue weighted by Gasteiger charge is 2.14. The van der Waals surface area contributed by atoms with E-state index in [4.69, 9.17) is 4.74 Å². The van der Waals surface area contributed by atoms with E-state index in [1.807, 2.05) is 44.2 Å². The van der Waals surface area contributed by atoms with Gasteiger partial charge in [-0.05, 0) is 35.7 Å². The van der Waals surface area contributed by atoms with Gasteiger partial charge < -0.3 is 4.74 Å². The maximum Gasteiger partial charge on any atom is 0.411 e. The molecule has 0 bridgehead atoms. The lowest BCUT2D eigenvalue weighted by atomic mass is 10.2. The number of amides is 1. The molecule has 0 aliphatic heterocycles. The van der Waals surface area contributed by atoms with Gasteiger partial charge in [0.2, 0.25) is 10.0 Å². The van der Waals surface area contributed by atoms with Crippen molar-refractivity contribution >= 4 is 21.8 Å². The summed E-state index contributed by atoms with van der Waals surface area (Å²) >= 11 is 0. The van der Waals surface area contributed by atoms with Crippen LogP contribution >= 0.6 is 0 Å². The van der Waals surface area contributed by atoms with E-state index in [0.29, 0.717) is 12.2 Å². The second-order valence-electron chi connectivity index (χ2n) is 5.96. The molecular formula is C18H22N2O4S. The van der Waals surface area contributed by atoms with Crippen LogP contribution in [-0.4, -0.2) is 21.1 Å². The smallest absolute Gasteiger partial charge is 0.411 e. The predicted octanol–water partition coefficient (Wildman–Crippen LogP) is 3.37. The second-order valence-corrected chi connectivity index (χ2v) is 7.72. The number of sulfonamides is 1. The summed E-state index contributed by atoms with van der Waals surface area (Å²) in [5.41, 5.74) is 1.34. The van der Waals surface area contributed by atoms with E-state index in [1.54, 1.807) is 0 Å². The van der Waals surface area contributed by atoms with Gasteiger partial charge in [-0.3, -0.25) is 5.32 Å². The van der Waals surface area contributed by atoms with Crippen molar-refractivity contribution in [2.24, 2.45) is 5.92 Å². The summed E-state index contributed by atoms with van der Waals surface area (Å²) < 4.78 is 31.9. The Hall–Kier alpha value is -2.38. The molecule has 0 saturated heterocycles. The molecule has 7 heteroatoms. The minimum absolute atomic E-state index is 0.149. The molecule has 6 nitrogen and oxygen atoms in total. The zero-order valence-electron chi connectivity index (χ0n) is 14.2. The van der Waals surface area contributed by atoms with E-state index in [2.05, 4.69) is 10.0 Å². The molecule has 0 aliphatic rings. The Morgan fingerprint density at radius 3 is 2.28 bits per heavy atom. The van der Waals surface area contributed by atoms with Crippen molar-refractivity contribution in [3.8, 4) is 0 Å². The van der Waals surface area contributed by atoms with Gasteiger partial charge in [0.25, 0.3) is 0 Å². The van der Waals surface area contributed by atoms with Crippen molar-refractivity contribution in [1.82, 2.24) is 4.72 Å². The molecule has 0 atom stereocenters. The minimum Gasteiger partial charge on any atom is -0.444 e. The van der Waals surface area contributed by atoms with Gasteiger partial charge in [0.15, 0.2) is 0 Å². The number of benzene rings is 2. The number of anilines is 1. The minimum atomic E-state index is -3.54. The molecule has 134 valence electrons. The number of rotatable bonds is 7. The van der Waals surface area contributed by atoms with E-state index in [0.717, 1.165) is 5.56 Å². The average Bonchev–Trinajstić information content (AvgIpc) is 2.60. The molecule has 0 saturated carbocycles. The van der Waals surface area contributed by atoms with Crippen LogP contribution in [0.4, 0.5) is 10.5 Å². The molecule has 0 fully saturated rings.